The molecule has 5 heteroatoms. The van der Waals surface area contributed by atoms with Gasteiger partial charge in [-0.05, 0) is 34.3 Å². The average Bonchev–Trinajstić information content (AvgIpc) is 2.63. The van der Waals surface area contributed by atoms with Gasteiger partial charge in [-0.1, -0.05) is 0 Å². The molecule has 0 aromatic carbocycles. The minimum absolute atomic E-state index is 0.776. The summed E-state index contributed by atoms with van der Waals surface area (Å²) in [5, 5.41) is 5.32. The van der Waals surface area contributed by atoms with Crippen LogP contribution in [0.3, 0.4) is 0 Å². The Morgan fingerprint density at radius 3 is 2.87 bits per heavy atom. The molecule has 0 aliphatic rings. The van der Waals surface area contributed by atoms with Gasteiger partial charge in [0, 0.05) is 21.7 Å². The molecule has 2 heterocycles. The predicted octanol–water partition coefficient (Wildman–Crippen LogP) is 3.22. The minimum atomic E-state index is 0.776. The number of nitrogens with one attached hydrogen (secondary N) is 1. The van der Waals surface area contributed by atoms with Crippen molar-refractivity contribution in [1.82, 2.24) is 9.97 Å². The fourth-order valence-electron chi connectivity index (χ4n) is 1.20. The average molecular weight is 284 g/mol. The van der Waals surface area contributed by atoms with E-state index < -0.39 is 0 Å². The van der Waals surface area contributed by atoms with E-state index in [0.29, 0.717) is 0 Å². The van der Waals surface area contributed by atoms with Crippen LogP contribution in [0.1, 0.15) is 10.6 Å². The van der Waals surface area contributed by atoms with E-state index in [1.807, 2.05) is 13.0 Å². The van der Waals surface area contributed by atoms with Crippen LogP contribution in [0, 0.1) is 6.92 Å². The van der Waals surface area contributed by atoms with Crippen LogP contribution in [-0.4, -0.2) is 9.97 Å². The van der Waals surface area contributed by atoms with Gasteiger partial charge in [0.05, 0.1) is 12.2 Å². The zero-order valence-electron chi connectivity index (χ0n) is 8.20. The van der Waals surface area contributed by atoms with Gasteiger partial charge in [-0.25, -0.2) is 4.98 Å². The molecule has 0 aliphatic carbocycles. The van der Waals surface area contributed by atoms with Crippen LogP contribution in [0.25, 0.3) is 0 Å². The van der Waals surface area contributed by atoms with Crippen LogP contribution in [0.15, 0.2) is 28.3 Å². The first-order valence-corrected chi connectivity index (χ1v) is 6.18. The van der Waals surface area contributed by atoms with Crippen LogP contribution < -0.4 is 5.32 Å². The van der Waals surface area contributed by atoms with Crippen molar-refractivity contribution in [3.05, 3.63) is 38.9 Å². The molecule has 0 atom stereocenters. The number of nitrogens with zero attached hydrogens (tertiary/aromatic N) is 2. The molecule has 0 amide bonds. The molecule has 0 saturated heterocycles. The van der Waals surface area contributed by atoms with Crippen LogP contribution in [-0.2, 0) is 6.54 Å². The van der Waals surface area contributed by atoms with Crippen molar-refractivity contribution < 1.29 is 0 Å². The van der Waals surface area contributed by atoms with Crippen molar-refractivity contribution >= 4 is 33.1 Å². The molecule has 2 aromatic heterocycles. The molecule has 0 spiro atoms. The molecule has 2 aromatic rings. The van der Waals surface area contributed by atoms with Gasteiger partial charge in [0.25, 0.3) is 0 Å². The standard InChI is InChI=1S/C10H10BrN3S/c1-7-10(13-4-3-12-7)14-6-9-8(11)2-5-15-9/h2-5H,6H2,1H3,(H,13,14). The van der Waals surface area contributed by atoms with Crippen LogP contribution in [0.5, 0.6) is 0 Å². The van der Waals surface area contributed by atoms with E-state index in [-0.39, 0.29) is 0 Å². The van der Waals surface area contributed by atoms with Crippen LogP contribution >= 0.6 is 27.3 Å². The number of anilines is 1. The molecule has 1 N–H and O–H groups in total. The molecule has 0 saturated carbocycles. The summed E-state index contributed by atoms with van der Waals surface area (Å²) in [6, 6.07) is 2.05. The van der Waals surface area contributed by atoms with Crippen molar-refractivity contribution in [3.63, 3.8) is 0 Å². The lowest BCUT2D eigenvalue weighted by Crippen LogP contribution is -2.02. The van der Waals surface area contributed by atoms with E-state index in [1.165, 1.54) is 4.88 Å². The van der Waals surface area contributed by atoms with Crippen molar-refractivity contribution in [2.24, 2.45) is 0 Å². The van der Waals surface area contributed by atoms with Gasteiger partial charge in [-0.2, -0.15) is 0 Å². The summed E-state index contributed by atoms with van der Waals surface area (Å²) in [7, 11) is 0. The van der Waals surface area contributed by atoms with E-state index >= 15 is 0 Å². The first-order valence-electron chi connectivity index (χ1n) is 4.50. The second kappa shape index (κ2) is 4.72. The lowest BCUT2D eigenvalue weighted by molar-refractivity contribution is 1.06. The molecule has 0 bridgehead atoms. The number of hydrogen-bond donors (Lipinski definition) is 1. The van der Waals surface area contributed by atoms with Crippen LogP contribution in [0.4, 0.5) is 5.82 Å². The number of aromatic nitrogens is 2. The summed E-state index contributed by atoms with van der Waals surface area (Å²) in [6.45, 7) is 2.72. The van der Waals surface area contributed by atoms with E-state index in [9.17, 15) is 0 Å². The second-order valence-corrected chi connectivity index (χ2v) is 4.89. The Kier molecular flexibility index (Phi) is 3.33. The van der Waals surface area contributed by atoms with E-state index in [4.69, 9.17) is 0 Å². The predicted molar refractivity (Wildman–Crippen MR) is 66.1 cm³/mol. The molecule has 0 radical (unpaired) electrons. The number of rotatable bonds is 3. The van der Waals surface area contributed by atoms with Gasteiger partial charge in [0.15, 0.2) is 0 Å². The summed E-state index contributed by atoms with van der Waals surface area (Å²) in [4.78, 5) is 9.66. The van der Waals surface area contributed by atoms with Gasteiger partial charge in [-0.15, -0.1) is 11.3 Å². The fraction of sp³-hybridized carbons (Fsp3) is 0.200. The lowest BCUT2D eigenvalue weighted by Gasteiger charge is -2.05. The summed E-state index contributed by atoms with van der Waals surface area (Å²) in [5.41, 5.74) is 0.921. The summed E-state index contributed by atoms with van der Waals surface area (Å²) < 4.78 is 1.14. The molecule has 0 aliphatic heterocycles. The van der Waals surface area contributed by atoms with Crippen molar-refractivity contribution in [3.8, 4) is 0 Å². The second-order valence-electron chi connectivity index (χ2n) is 3.04. The number of aryl methyl sites for hydroxylation is 1. The molecule has 15 heavy (non-hydrogen) atoms. The number of thiophene rings is 1. The molecule has 0 fully saturated rings. The SMILES string of the molecule is Cc1nccnc1NCc1sccc1Br. The fourth-order valence-corrected chi connectivity index (χ4v) is 2.63. The van der Waals surface area contributed by atoms with E-state index in [2.05, 4.69) is 36.6 Å². The number of hydrogen-bond acceptors (Lipinski definition) is 4. The van der Waals surface area contributed by atoms with Gasteiger partial charge < -0.3 is 5.32 Å². The van der Waals surface area contributed by atoms with Gasteiger partial charge >= 0.3 is 0 Å². The van der Waals surface area contributed by atoms with Gasteiger partial charge in [0.2, 0.25) is 0 Å². The highest BCUT2D eigenvalue weighted by atomic mass is 79.9. The highest BCUT2D eigenvalue weighted by molar-refractivity contribution is 9.10. The highest BCUT2D eigenvalue weighted by Gasteiger charge is 2.03. The maximum Gasteiger partial charge on any atom is 0.147 e. The third kappa shape index (κ3) is 2.54. The molecule has 3 nitrogen and oxygen atoms in total. The van der Waals surface area contributed by atoms with Crippen LogP contribution in [0.2, 0.25) is 0 Å². The molecular weight excluding hydrogens is 274 g/mol. The monoisotopic (exact) mass is 283 g/mol. The Balaban J connectivity index is 2.06. The minimum Gasteiger partial charge on any atom is -0.364 e. The summed E-state index contributed by atoms with van der Waals surface area (Å²) in [5.74, 6) is 0.845. The summed E-state index contributed by atoms with van der Waals surface area (Å²) >= 11 is 5.21. The Bertz CT molecular complexity index is 455. The maximum atomic E-state index is 4.22. The quantitative estimate of drug-likeness (QED) is 0.940. The highest BCUT2D eigenvalue weighted by Crippen LogP contribution is 2.23. The third-order valence-corrected chi connectivity index (χ3v) is 3.91. The number of halogens is 1. The molecule has 2 rings (SSSR count). The molecule has 78 valence electrons. The van der Waals surface area contributed by atoms with Crippen molar-refractivity contribution in [1.29, 1.82) is 0 Å². The first-order chi connectivity index (χ1) is 7.27. The topological polar surface area (TPSA) is 37.8 Å². The Hall–Kier alpha value is -0.940. The first kappa shape index (κ1) is 10.6. The zero-order valence-corrected chi connectivity index (χ0v) is 10.6. The zero-order chi connectivity index (χ0) is 10.7. The van der Waals surface area contributed by atoms with Gasteiger partial charge in [0.1, 0.15) is 5.82 Å². The summed E-state index contributed by atoms with van der Waals surface area (Å²) in [6.07, 6.45) is 3.39. The molecular formula is C10H10BrN3S. The smallest absolute Gasteiger partial charge is 0.147 e. The molecule has 0 unspecified atom stereocenters. The van der Waals surface area contributed by atoms with Crippen molar-refractivity contribution in [2.45, 2.75) is 13.5 Å². The Morgan fingerprint density at radius 2 is 2.20 bits per heavy atom. The van der Waals surface area contributed by atoms with Crippen molar-refractivity contribution in [2.75, 3.05) is 5.32 Å². The van der Waals surface area contributed by atoms with E-state index in [1.54, 1.807) is 23.7 Å². The maximum absolute atomic E-state index is 4.22. The lowest BCUT2D eigenvalue weighted by atomic mass is 10.4. The van der Waals surface area contributed by atoms with E-state index in [0.717, 1.165) is 22.5 Å². The normalized spacial score (nSPS) is 10.3. The largest absolute Gasteiger partial charge is 0.364 e. The Labute approximate surface area is 101 Å². The third-order valence-electron chi connectivity index (χ3n) is 1.99. The Morgan fingerprint density at radius 1 is 1.40 bits per heavy atom. The van der Waals surface area contributed by atoms with Gasteiger partial charge in [-0.3, -0.25) is 4.98 Å².